The van der Waals surface area contributed by atoms with Crippen LogP contribution in [0.1, 0.15) is 22.1 Å². The lowest BCUT2D eigenvalue weighted by atomic mass is 10.1. The normalized spacial score (nSPS) is 12.2. The zero-order valence-electron chi connectivity index (χ0n) is 17.3. The van der Waals surface area contributed by atoms with Gasteiger partial charge in [0.1, 0.15) is 11.3 Å². The number of halogens is 1. The van der Waals surface area contributed by atoms with Crippen molar-refractivity contribution in [3.8, 4) is 11.3 Å². The maximum atomic E-state index is 13.2. The van der Waals surface area contributed by atoms with Gasteiger partial charge in [0.15, 0.2) is 5.69 Å². The van der Waals surface area contributed by atoms with Crippen molar-refractivity contribution in [2.24, 2.45) is 0 Å². The summed E-state index contributed by atoms with van der Waals surface area (Å²) in [6.07, 6.45) is 1.65. The minimum atomic E-state index is -0.741. The number of aliphatic hydroxyl groups is 1. The molecule has 5 rings (SSSR count). The van der Waals surface area contributed by atoms with E-state index >= 15 is 0 Å². The fourth-order valence-electron chi connectivity index (χ4n) is 3.78. The van der Waals surface area contributed by atoms with Crippen molar-refractivity contribution in [1.29, 1.82) is 0 Å². The first-order valence-corrected chi connectivity index (χ1v) is 10.3. The van der Waals surface area contributed by atoms with Crippen LogP contribution in [-0.2, 0) is 0 Å². The zero-order valence-corrected chi connectivity index (χ0v) is 17.3. The average Bonchev–Trinajstić information content (AvgIpc) is 3.28. The smallest absolute Gasteiger partial charge is 0.274 e. The Hall–Kier alpha value is -4.30. The van der Waals surface area contributed by atoms with E-state index in [-0.39, 0.29) is 23.4 Å². The highest BCUT2D eigenvalue weighted by atomic mass is 19.1. The van der Waals surface area contributed by atoms with Crippen LogP contribution in [0.4, 0.5) is 4.39 Å². The fourth-order valence-corrected chi connectivity index (χ4v) is 3.78. The number of rotatable bonds is 5. The molecule has 164 valence electrons. The molecule has 1 unspecified atom stereocenters. The van der Waals surface area contributed by atoms with Gasteiger partial charge in [-0.25, -0.2) is 8.91 Å². The van der Waals surface area contributed by atoms with Gasteiger partial charge >= 0.3 is 0 Å². The Morgan fingerprint density at radius 1 is 1.06 bits per heavy atom. The number of aromatic amines is 1. The highest BCUT2D eigenvalue weighted by Crippen LogP contribution is 2.23. The van der Waals surface area contributed by atoms with Crippen LogP contribution in [0.25, 0.3) is 27.5 Å². The molecule has 7 nitrogen and oxygen atoms in total. The summed E-state index contributed by atoms with van der Waals surface area (Å²) in [6, 6.07) is 19.9. The summed E-state index contributed by atoms with van der Waals surface area (Å²) in [5.41, 5.74) is 1.78. The number of nitrogens with zero attached hydrogens (tertiary/aromatic N) is 2. The van der Waals surface area contributed by atoms with Crippen molar-refractivity contribution < 1.29 is 14.3 Å². The van der Waals surface area contributed by atoms with E-state index in [2.05, 4.69) is 15.4 Å². The first kappa shape index (κ1) is 20.6. The van der Waals surface area contributed by atoms with Crippen molar-refractivity contribution in [3.63, 3.8) is 0 Å². The number of carbonyl (C=O) groups is 1. The monoisotopic (exact) mass is 442 g/mol. The third kappa shape index (κ3) is 3.99. The molecule has 1 amide bonds. The second-order valence-electron chi connectivity index (χ2n) is 7.68. The number of benzene rings is 3. The summed E-state index contributed by atoms with van der Waals surface area (Å²) in [4.78, 5) is 28.3. The molecule has 0 fully saturated rings. The summed E-state index contributed by atoms with van der Waals surface area (Å²) < 4.78 is 14.5. The number of H-pyrrole nitrogens is 1. The lowest BCUT2D eigenvalue weighted by Crippen LogP contribution is -2.31. The van der Waals surface area contributed by atoms with Crippen molar-refractivity contribution >= 4 is 22.2 Å². The van der Waals surface area contributed by atoms with Gasteiger partial charge in [-0.2, -0.15) is 5.10 Å². The highest BCUT2D eigenvalue weighted by Gasteiger charge is 2.19. The predicted molar refractivity (Wildman–Crippen MR) is 122 cm³/mol. The minimum absolute atomic E-state index is 0.0247. The summed E-state index contributed by atoms with van der Waals surface area (Å²) in [6.45, 7) is -0.378. The molecule has 8 heteroatoms. The van der Waals surface area contributed by atoms with Crippen LogP contribution in [0, 0.1) is 5.82 Å². The SMILES string of the molecule is O=C(NC(CO)c1ccc(F)cc1)c1cc2c(=O)[nH]c(-c3ccc4ccccc4c3)cn2n1. The molecule has 0 saturated carbocycles. The Balaban J connectivity index is 1.46. The molecule has 0 aliphatic rings. The number of carbonyl (C=O) groups excluding carboxylic acids is 1. The Bertz CT molecular complexity index is 1540. The van der Waals surface area contributed by atoms with Gasteiger partial charge in [-0.05, 0) is 34.5 Å². The summed E-state index contributed by atoms with van der Waals surface area (Å²) in [5, 5.41) is 18.7. The number of nitrogens with one attached hydrogen (secondary N) is 2. The molecule has 3 N–H and O–H groups in total. The largest absolute Gasteiger partial charge is 0.394 e. The second kappa shape index (κ2) is 8.33. The van der Waals surface area contributed by atoms with Crippen LogP contribution in [-0.4, -0.2) is 32.2 Å². The van der Waals surface area contributed by atoms with Crippen LogP contribution < -0.4 is 10.9 Å². The lowest BCUT2D eigenvalue weighted by Gasteiger charge is -2.15. The molecule has 1 atom stereocenters. The van der Waals surface area contributed by atoms with E-state index in [1.165, 1.54) is 34.8 Å². The average molecular weight is 442 g/mol. The molecular weight excluding hydrogens is 423 g/mol. The molecule has 2 heterocycles. The molecule has 3 aromatic carbocycles. The van der Waals surface area contributed by atoms with Gasteiger partial charge in [0.2, 0.25) is 0 Å². The minimum Gasteiger partial charge on any atom is -0.394 e. The summed E-state index contributed by atoms with van der Waals surface area (Å²) in [5.74, 6) is -0.975. The van der Waals surface area contributed by atoms with Gasteiger partial charge in [0.05, 0.1) is 24.5 Å². The standard InChI is InChI=1S/C25H19FN4O3/c26-19-9-7-16(8-10-19)22(14-31)28-24(32)20-12-23-25(33)27-21(13-30(23)29-20)18-6-5-15-3-1-2-4-17(15)11-18/h1-13,22,31H,14H2,(H,27,33)(H,28,32). The maximum Gasteiger partial charge on any atom is 0.274 e. The molecule has 0 aliphatic heterocycles. The Morgan fingerprint density at radius 3 is 2.58 bits per heavy atom. The molecule has 5 aromatic rings. The van der Waals surface area contributed by atoms with E-state index < -0.39 is 17.8 Å². The zero-order chi connectivity index (χ0) is 22.9. The number of hydrogen-bond donors (Lipinski definition) is 3. The Kier molecular flexibility index (Phi) is 5.20. The number of amides is 1. The predicted octanol–water partition coefficient (Wildman–Crippen LogP) is 3.45. The number of fused-ring (bicyclic) bond motifs is 2. The molecule has 0 saturated heterocycles. The van der Waals surface area contributed by atoms with Gasteiger partial charge < -0.3 is 15.4 Å². The van der Waals surface area contributed by atoms with E-state index in [9.17, 15) is 19.1 Å². The first-order valence-electron chi connectivity index (χ1n) is 10.3. The number of hydrogen-bond acceptors (Lipinski definition) is 4. The van der Waals surface area contributed by atoms with E-state index in [0.29, 0.717) is 11.3 Å². The van der Waals surface area contributed by atoms with Gasteiger partial charge in [-0.1, -0.05) is 48.5 Å². The van der Waals surface area contributed by atoms with Crippen LogP contribution in [0.5, 0.6) is 0 Å². The molecule has 0 radical (unpaired) electrons. The van der Waals surface area contributed by atoms with Gasteiger partial charge in [-0.15, -0.1) is 0 Å². The number of aromatic nitrogens is 3. The van der Waals surface area contributed by atoms with E-state index in [1.807, 2.05) is 42.5 Å². The van der Waals surface area contributed by atoms with Crippen molar-refractivity contribution in [2.75, 3.05) is 6.61 Å². The van der Waals surface area contributed by atoms with Crippen LogP contribution in [0.2, 0.25) is 0 Å². The Morgan fingerprint density at radius 2 is 1.82 bits per heavy atom. The topological polar surface area (TPSA) is 99.5 Å². The molecular formula is C25H19FN4O3. The first-order chi connectivity index (χ1) is 16.0. The molecule has 0 bridgehead atoms. The summed E-state index contributed by atoms with van der Waals surface area (Å²) in [7, 11) is 0. The highest BCUT2D eigenvalue weighted by molar-refractivity contribution is 5.94. The molecule has 2 aromatic heterocycles. The second-order valence-corrected chi connectivity index (χ2v) is 7.68. The van der Waals surface area contributed by atoms with Crippen molar-refractivity contribution in [1.82, 2.24) is 19.9 Å². The van der Waals surface area contributed by atoms with Gasteiger partial charge in [0, 0.05) is 11.6 Å². The van der Waals surface area contributed by atoms with Crippen LogP contribution in [0.15, 0.2) is 83.8 Å². The molecule has 0 spiro atoms. The number of aliphatic hydroxyl groups excluding tert-OH is 1. The molecule has 33 heavy (non-hydrogen) atoms. The van der Waals surface area contributed by atoms with Crippen molar-refractivity contribution in [3.05, 3.63) is 106 Å². The van der Waals surface area contributed by atoms with E-state index in [0.717, 1.165) is 16.3 Å². The Labute approximate surface area is 187 Å². The van der Waals surface area contributed by atoms with Crippen LogP contribution >= 0.6 is 0 Å². The lowest BCUT2D eigenvalue weighted by molar-refractivity contribution is 0.0911. The third-order valence-corrected chi connectivity index (χ3v) is 5.52. The fraction of sp³-hybridized carbons (Fsp3) is 0.0800. The quantitative estimate of drug-likeness (QED) is 0.388. The van der Waals surface area contributed by atoms with Crippen LogP contribution in [0.3, 0.4) is 0 Å². The van der Waals surface area contributed by atoms with Gasteiger partial charge in [-0.3, -0.25) is 9.59 Å². The van der Waals surface area contributed by atoms with Gasteiger partial charge in [0.25, 0.3) is 11.5 Å². The maximum absolute atomic E-state index is 13.2. The van der Waals surface area contributed by atoms with E-state index in [1.54, 1.807) is 6.20 Å². The third-order valence-electron chi connectivity index (χ3n) is 5.52. The molecule has 0 aliphatic carbocycles. The van der Waals surface area contributed by atoms with Crippen molar-refractivity contribution in [2.45, 2.75) is 6.04 Å². The summed E-state index contributed by atoms with van der Waals surface area (Å²) >= 11 is 0. The van der Waals surface area contributed by atoms with E-state index in [4.69, 9.17) is 0 Å².